The lowest BCUT2D eigenvalue weighted by Crippen LogP contribution is -2.25. The molecule has 1 aromatic carbocycles. The van der Waals surface area contributed by atoms with Gasteiger partial charge in [-0.2, -0.15) is 0 Å². The number of hydrogen-bond donors (Lipinski definition) is 0. The van der Waals surface area contributed by atoms with E-state index in [1.54, 1.807) is 0 Å². The molecule has 2 nitrogen and oxygen atoms in total. The van der Waals surface area contributed by atoms with Gasteiger partial charge in [-0.3, -0.25) is 4.98 Å². The Morgan fingerprint density at radius 3 is 3.05 bits per heavy atom. The maximum atomic E-state index is 6.44. The van der Waals surface area contributed by atoms with E-state index in [0.29, 0.717) is 5.25 Å². The molecule has 1 fully saturated rings. The van der Waals surface area contributed by atoms with Crippen molar-refractivity contribution < 1.29 is 0 Å². The van der Waals surface area contributed by atoms with E-state index >= 15 is 0 Å². The molecule has 2 heterocycles. The molecule has 1 aromatic heterocycles. The molecule has 0 aliphatic carbocycles. The zero-order valence-corrected chi connectivity index (χ0v) is 14.1. The summed E-state index contributed by atoms with van der Waals surface area (Å²) in [5, 5.41) is 3.83. The van der Waals surface area contributed by atoms with E-state index in [0.717, 1.165) is 16.3 Å². The lowest BCUT2D eigenvalue weighted by Gasteiger charge is -2.18. The third kappa shape index (κ3) is 3.71. The van der Waals surface area contributed by atoms with E-state index in [9.17, 15) is 0 Å². The molecule has 1 saturated heterocycles. The van der Waals surface area contributed by atoms with Gasteiger partial charge in [0.25, 0.3) is 0 Å². The van der Waals surface area contributed by atoms with Crippen LogP contribution in [0.4, 0.5) is 0 Å². The topological polar surface area (TPSA) is 16.1 Å². The largest absolute Gasteiger partial charge is 0.302 e. The van der Waals surface area contributed by atoms with Gasteiger partial charge in [-0.1, -0.05) is 25.4 Å². The van der Waals surface area contributed by atoms with Gasteiger partial charge in [-0.25, -0.2) is 0 Å². The zero-order chi connectivity index (χ0) is 14.8. The standard InChI is InChI=1S/C17H21ClN2S/c1-12(2)10-20-6-4-15(11-20)21-17-8-13-3-5-19-9-14(13)7-16(17)18/h3,5,7-9,12,15H,4,6,10-11H2,1-2H3/t15-/m0/s1. The second-order valence-electron chi connectivity index (χ2n) is 6.19. The molecule has 112 valence electrons. The van der Waals surface area contributed by atoms with Crippen LogP contribution in [0.5, 0.6) is 0 Å². The lowest BCUT2D eigenvalue weighted by molar-refractivity contribution is 0.299. The van der Waals surface area contributed by atoms with Gasteiger partial charge in [0.2, 0.25) is 0 Å². The summed E-state index contributed by atoms with van der Waals surface area (Å²) in [7, 11) is 0. The summed E-state index contributed by atoms with van der Waals surface area (Å²) < 4.78 is 0. The van der Waals surface area contributed by atoms with Crippen molar-refractivity contribution in [2.75, 3.05) is 19.6 Å². The number of nitrogens with zero attached hydrogens (tertiary/aromatic N) is 2. The number of benzene rings is 1. The molecule has 0 amide bonds. The summed E-state index contributed by atoms with van der Waals surface area (Å²) in [5.41, 5.74) is 0. The number of likely N-dealkylation sites (tertiary alicyclic amines) is 1. The van der Waals surface area contributed by atoms with Gasteiger partial charge in [0.15, 0.2) is 0 Å². The average molecular weight is 321 g/mol. The smallest absolute Gasteiger partial charge is 0.0548 e. The number of halogens is 1. The second kappa shape index (κ2) is 6.55. The van der Waals surface area contributed by atoms with Crippen LogP contribution in [-0.4, -0.2) is 34.8 Å². The van der Waals surface area contributed by atoms with Crippen LogP contribution in [0, 0.1) is 5.92 Å². The Kier molecular flexibility index (Phi) is 4.72. The van der Waals surface area contributed by atoms with Gasteiger partial charge in [0, 0.05) is 41.0 Å². The summed E-state index contributed by atoms with van der Waals surface area (Å²) in [6, 6.07) is 6.29. The van der Waals surface area contributed by atoms with Crippen molar-refractivity contribution >= 4 is 34.1 Å². The van der Waals surface area contributed by atoms with E-state index in [4.69, 9.17) is 11.6 Å². The van der Waals surface area contributed by atoms with Gasteiger partial charge < -0.3 is 4.90 Å². The Bertz CT molecular complexity index is 629. The maximum Gasteiger partial charge on any atom is 0.0548 e. The summed E-state index contributed by atoms with van der Waals surface area (Å²) in [6.45, 7) is 8.16. The van der Waals surface area contributed by atoms with Crippen LogP contribution in [0.15, 0.2) is 35.5 Å². The molecule has 1 aliphatic heterocycles. The van der Waals surface area contributed by atoms with Crippen LogP contribution < -0.4 is 0 Å². The third-order valence-corrected chi connectivity index (χ3v) is 5.57. The number of fused-ring (bicyclic) bond motifs is 1. The highest BCUT2D eigenvalue weighted by atomic mass is 35.5. The molecule has 0 bridgehead atoms. The van der Waals surface area contributed by atoms with Crippen LogP contribution in [0.2, 0.25) is 5.02 Å². The van der Waals surface area contributed by atoms with Crippen molar-refractivity contribution in [2.45, 2.75) is 30.4 Å². The number of aromatic nitrogens is 1. The van der Waals surface area contributed by atoms with E-state index in [1.807, 2.05) is 30.2 Å². The fraction of sp³-hybridized carbons (Fsp3) is 0.471. The van der Waals surface area contributed by atoms with Crippen LogP contribution in [-0.2, 0) is 0 Å². The molecule has 1 atom stereocenters. The molecule has 2 aromatic rings. The van der Waals surface area contributed by atoms with Crippen LogP contribution in [0.1, 0.15) is 20.3 Å². The Labute approximate surface area is 135 Å². The van der Waals surface area contributed by atoms with Crippen molar-refractivity contribution in [1.82, 2.24) is 9.88 Å². The zero-order valence-electron chi connectivity index (χ0n) is 12.6. The normalized spacial score (nSPS) is 19.7. The van der Waals surface area contributed by atoms with E-state index < -0.39 is 0 Å². The van der Waals surface area contributed by atoms with E-state index in [2.05, 4.69) is 35.9 Å². The molecule has 0 unspecified atom stereocenters. The van der Waals surface area contributed by atoms with Crippen molar-refractivity contribution in [2.24, 2.45) is 5.92 Å². The van der Waals surface area contributed by atoms with Gasteiger partial charge in [-0.15, -0.1) is 11.8 Å². The van der Waals surface area contributed by atoms with Gasteiger partial charge >= 0.3 is 0 Å². The molecule has 0 radical (unpaired) electrons. The quantitative estimate of drug-likeness (QED) is 0.811. The average Bonchev–Trinajstić information content (AvgIpc) is 2.86. The molecule has 3 rings (SSSR count). The highest BCUT2D eigenvalue weighted by molar-refractivity contribution is 8.00. The first-order valence-corrected chi connectivity index (χ1v) is 8.80. The van der Waals surface area contributed by atoms with E-state index in [1.165, 1.54) is 36.3 Å². The minimum atomic E-state index is 0.653. The lowest BCUT2D eigenvalue weighted by atomic mass is 10.2. The van der Waals surface area contributed by atoms with Crippen molar-refractivity contribution in [3.63, 3.8) is 0 Å². The predicted octanol–water partition coefficient (Wildman–Crippen LogP) is 4.71. The van der Waals surface area contributed by atoms with Gasteiger partial charge in [0.1, 0.15) is 0 Å². The number of thioether (sulfide) groups is 1. The Morgan fingerprint density at radius 2 is 2.24 bits per heavy atom. The third-order valence-electron chi connectivity index (χ3n) is 3.84. The summed E-state index contributed by atoms with van der Waals surface area (Å²) in [5.74, 6) is 0.741. The predicted molar refractivity (Wildman–Crippen MR) is 92.3 cm³/mol. The van der Waals surface area contributed by atoms with Gasteiger partial charge in [0.05, 0.1) is 5.02 Å². The first-order chi connectivity index (χ1) is 10.1. The SMILES string of the molecule is CC(C)CN1CC[C@H](Sc2cc3ccncc3cc2Cl)C1. The molecular weight excluding hydrogens is 300 g/mol. The first-order valence-electron chi connectivity index (χ1n) is 7.54. The molecule has 1 aliphatic rings. The Hall–Kier alpha value is -0.770. The minimum Gasteiger partial charge on any atom is -0.302 e. The van der Waals surface area contributed by atoms with Crippen molar-refractivity contribution in [3.05, 3.63) is 35.6 Å². The van der Waals surface area contributed by atoms with Crippen molar-refractivity contribution in [3.8, 4) is 0 Å². The van der Waals surface area contributed by atoms with E-state index in [-0.39, 0.29) is 0 Å². The monoisotopic (exact) mass is 320 g/mol. The summed E-state index contributed by atoms with van der Waals surface area (Å²) >= 11 is 8.37. The molecular formula is C17H21ClN2S. The Morgan fingerprint density at radius 1 is 1.38 bits per heavy atom. The molecule has 21 heavy (non-hydrogen) atoms. The highest BCUT2D eigenvalue weighted by Crippen LogP contribution is 2.36. The maximum absolute atomic E-state index is 6.44. The molecule has 4 heteroatoms. The van der Waals surface area contributed by atoms with Gasteiger partial charge in [-0.05, 0) is 42.5 Å². The summed E-state index contributed by atoms with van der Waals surface area (Å²) in [6.07, 6.45) is 4.96. The molecule has 0 saturated carbocycles. The second-order valence-corrected chi connectivity index (χ2v) is 7.94. The fourth-order valence-corrected chi connectivity index (χ4v) is 4.47. The molecule has 0 N–H and O–H groups in total. The van der Waals surface area contributed by atoms with Crippen LogP contribution in [0.3, 0.4) is 0 Å². The fourth-order valence-electron chi connectivity index (χ4n) is 2.93. The molecule has 0 spiro atoms. The number of pyridine rings is 1. The van der Waals surface area contributed by atoms with Crippen molar-refractivity contribution in [1.29, 1.82) is 0 Å². The number of hydrogen-bond acceptors (Lipinski definition) is 3. The van der Waals surface area contributed by atoms with Crippen LogP contribution >= 0.6 is 23.4 Å². The minimum absolute atomic E-state index is 0.653. The number of rotatable bonds is 4. The Balaban J connectivity index is 1.72. The highest BCUT2D eigenvalue weighted by Gasteiger charge is 2.24. The van der Waals surface area contributed by atoms with Crippen LogP contribution in [0.25, 0.3) is 10.8 Å². The summed E-state index contributed by atoms with van der Waals surface area (Å²) in [4.78, 5) is 7.92. The first kappa shape index (κ1) is 15.1.